The topological polar surface area (TPSA) is 78.9 Å². The standard InChI is InChI=1S/C34H58O6/c1-29(2,3)22(35)19-25(32(10,11)12)38-28(39-26(33(13,14)15)20-23(36)30(4,5)6)40-27(34(16,17)18)21-24(37)31(7,8)9/h19-21,28H,1-18H3/b25-19-,26-20-,27-21-. The van der Waals surface area contributed by atoms with E-state index in [1.54, 1.807) is 0 Å². The molecular weight excluding hydrogens is 504 g/mol. The van der Waals surface area contributed by atoms with Gasteiger partial charge < -0.3 is 14.2 Å². The molecule has 0 unspecified atom stereocenters. The molecule has 0 spiro atoms. The highest BCUT2D eigenvalue weighted by atomic mass is 16.8. The second kappa shape index (κ2) is 12.7. The molecular formula is C34H58O6. The SMILES string of the molecule is CC(C)(C)C(=O)/C=C(\OC(O/C(=C\C(=O)C(C)(C)C)C(C)(C)C)O/C(=C\C(=O)C(C)(C)C)C(C)(C)C)C(C)(C)C. The Kier molecular flexibility index (Phi) is 11.9. The molecule has 6 nitrogen and oxygen atoms in total. The molecule has 0 saturated carbocycles. The van der Waals surface area contributed by atoms with Crippen molar-refractivity contribution in [1.82, 2.24) is 0 Å². The molecule has 0 radical (unpaired) electrons. The van der Waals surface area contributed by atoms with E-state index in [0.717, 1.165) is 0 Å². The molecule has 0 atom stereocenters. The molecule has 0 aromatic heterocycles. The number of rotatable bonds is 9. The quantitative estimate of drug-likeness (QED) is 0.158. The van der Waals surface area contributed by atoms with Crippen molar-refractivity contribution in [2.24, 2.45) is 32.5 Å². The molecule has 40 heavy (non-hydrogen) atoms. The predicted molar refractivity (Wildman–Crippen MR) is 163 cm³/mol. The highest BCUT2D eigenvalue weighted by Gasteiger charge is 2.35. The van der Waals surface area contributed by atoms with Crippen LogP contribution in [0.15, 0.2) is 35.5 Å². The van der Waals surface area contributed by atoms with Crippen molar-refractivity contribution in [3.8, 4) is 0 Å². The summed E-state index contributed by atoms with van der Waals surface area (Å²) in [6.45, 7) is 32.6. The summed E-state index contributed by atoms with van der Waals surface area (Å²) in [7, 11) is 0. The fourth-order valence-electron chi connectivity index (χ4n) is 2.67. The maximum absolute atomic E-state index is 13.0. The zero-order valence-electron chi connectivity index (χ0n) is 28.8. The van der Waals surface area contributed by atoms with Gasteiger partial charge >= 0.3 is 6.48 Å². The monoisotopic (exact) mass is 562 g/mol. The molecule has 0 aliphatic heterocycles. The number of ketones is 3. The lowest BCUT2D eigenvalue weighted by Crippen LogP contribution is -2.32. The fraction of sp³-hybridized carbons (Fsp3) is 0.735. The lowest BCUT2D eigenvalue weighted by atomic mass is 9.86. The van der Waals surface area contributed by atoms with E-state index in [9.17, 15) is 14.4 Å². The molecule has 0 rings (SSSR count). The minimum Gasteiger partial charge on any atom is -0.427 e. The molecule has 230 valence electrons. The Morgan fingerprint density at radius 3 is 0.675 bits per heavy atom. The Morgan fingerprint density at radius 1 is 0.375 bits per heavy atom. The lowest BCUT2D eigenvalue weighted by molar-refractivity contribution is -0.253. The van der Waals surface area contributed by atoms with E-state index in [2.05, 4.69) is 0 Å². The van der Waals surface area contributed by atoms with Crippen LogP contribution in [0.25, 0.3) is 0 Å². The zero-order chi connectivity index (χ0) is 32.3. The van der Waals surface area contributed by atoms with E-state index in [4.69, 9.17) is 14.2 Å². The number of carbonyl (C=O) groups is 3. The Labute approximate surface area is 245 Å². The minimum absolute atomic E-state index is 0.111. The minimum atomic E-state index is -1.38. The van der Waals surface area contributed by atoms with Crippen LogP contribution in [0.1, 0.15) is 125 Å². The smallest absolute Gasteiger partial charge is 0.405 e. The number of allylic oxidation sites excluding steroid dienone is 6. The van der Waals surface area contributed by atoms with Gasteiger partial charge in [0.15, 0.2) is 17.3 Å². The maximum Gasteiger partial charge on any atom is 0.405 e. The molecule has 6 heteroatoms. The first kappa shape index (κ1) is 37.6. The molecule has 0 N–H and O–H groups in total. The van der Waals surface area contributed by atoms with Gasteiger partial charge in [-0.25, -0.2) is 0 Å². The Morgan fingerprint density at radius 2 is 0.550 bits per heavy atom. The van der Waals surface area contributed by atoms with E-state index in [0.29, 0.717) is 17.3 Å². The maximum atomic E-state index is 13.0. The van der Waals surface area contributed by atoms with Crippen molar-refractivity contribution >= 4 is 17.3 Å². The van der Waals surface area contributed by atoms with Crippen LogP contribution in [0.3, 0.4) is 0 Å². The third-order valence-electron chi connectivity index (χ3n) is 5.89. The van der Waals surface area contributed by atoms with Gasteiger partial charge in [0.1, 0.15) is 17.3 Å². The Bertz CT molecular complexity index is 878. The fourth-order valence-corrected chi connectivity index (χ4v) is 2.67. The second-order valence-corrected chi connectivity index (χ2v) is 16.8. The van der Waals surface area contributed by atoms with Crippen LogP contribution in [0, 0.1) is 32.5 Å². The summed E-state index contributed by atoms with van der Waals surface area (Å²) < 4.78 is 19.1. The largest absolute Gasteiger partial charge is 0.427 e. The highest BCUT2D eigenvalue weighted by molar-refractivity contribution is 5.95. The molecule has 0 aliphatic carbocycles. The third kappa shape index (κ3) is 12.9. The van der Waals surface area contributed by atoms with Crippen LogP contribution >= 0.6 is 0 Å². The van der Waals surface area contributed by atoms with Gasteiger partial charge in [-0.1, -0.05) is 125 Å². The van der Waals surface area contributed by atoms with Gasteiger partial charge in [-0.2, -0.15) is 0 Å². The van der Waals surface area contributed by atoms with Crippen molar-refractivity contribution in [2.75, 3.05) is 0 Å². The van der Waals surface area contributed by atoms with Gasteiger partial charge in [0.05, 0.1) is 0 Å². The number of ether oxygens (including phenoxy) is 3. The van der Waals surface area contributed by atoms with Crippen LogP contribution in [0.4, 0.5) is 0 Å². The summed E-state index contributed by atoms with van der Waals surface area (Å²) >= 11 is 0. The van der Waals surface area contributed by atoms with E-state index in [-0.39, 0.29) is 17.3 Å². The first-order valence-corrected chi connectivity index (χ1v) is 14.2. The summed E-state index contributed by atoms with van der Waals surface area (Å²) in [5.41, 5.74) is -3.60. The summed E-state index contributed by atoms with van der Waals surface area (Å²) in [6, 6.07) is 0. The van der Waals surface area contributed by atoms with Gasteiger partial charge in [0.25, 0.3) is 0 Å². The van der Waals surface area contributed by atoms with Crippen molar-refractivity contribution in [2.45, 2.75) is 131 Å². The van der Waals surface area contributed by atoms with Crippen LogP contribution < -0.4 is 0 Å². The van der Waals surface area contributed by atoms with E-state index in [1.165, 1.54) is 18.2 Å². The first-order valence-electron chi connectivity index (χ1n) is 14.2. The van der Waals surface area contributed by atoms with Crippen molar-refractivity contribution in [3.63, 3.8) is 0 Å². The number of carbonyl (C=O) groups excluding carboxylic acids is 3. The van der Waals surface area contributed by atoms with E-state index >= 15 is 0 Å². The molecule has 0 saturated heterocycles. The van der Waals surface area contributed by atoms with Crippen LogP contribution in [-0.2, 0) is 28.6 Å². The van der Waals surface area contributed by atoms with E-state index < -0.39 is 39.0 Å². The summed E-state index contributed by atoms with van der Waals surface area (Å²) in [5.74, 6) is 0.759. The van der Waals surface area contributed by atoms with Crippen LogP contribution in [0.5, 0.6) is 0 Å². The number of hydrogen-bond acceptors (Lipinski definition) is 6. The molecule has 0 amide bonds. The number of hydrogen-bond donors (Lipinski definition) is 0. The molecule has 0 bridgehead atoms. The van der Waals surface area contributed by atoms with Gasteiger partial charge in [-0.05, 0) is 0 Å². The molecule has 0 aromatic rings. The molecule has 0 heterocycles. The van der Waals surface area contributed by atoms with Gasteiger partial charge in [-0.15, -0.1) is 0 Å². The molecule has 0 fully saturated rings. The Balaban J connectivity index is 7.14. The van der Waals surface area contributed by atoms with Crippen LogP contribution in [-0.4, -0.2) is 23.8 Å². The normalized spacial score (nSPS) is 15.2. The highest BCUT2D eigenvalue weighted by Crippen LogP contribution is 2.36. The summed E-state index contributed by atoms with van der Waals surface area (Å²) in [4.78, 5) is 39.1. The van der Waals surface area contributed by atoms with Crippen molar-refractivity contribution in [1.29, 1.82) is 0 Å². The molecule has 0 aliphatic rings. The third-order valence-corrected chi connectivity index (χ3v) is 5.89. The average molecular weight is 563 g/mol. The summed E-state index contributed by atoms with van der Waals surface area (Å²) in [6.07, 6.45) is 4.46. The van der Waals surface area contributed by atoms with Crippen molar-refractivity contribution in [3.05, 3.63) is 35.5 Å². The van der Waals surface area contributed by atoms with Crippen molar-refractivity contribution < 1.29 is 28.6 Å². The van der Waals surface area contributed by atoms with Gasteiger partial charge in [0.2, 0.25) is 0 Å². The van der Waals surface area contributed by atoms with E-state index in [1.807, 2.05) is 125 Å². The Hall–Kier alpha value is -2.37. The van der Waals surface area contributed by atoms with Crippen LogP contribution in [0.2, 0.25) is 0 Å². The first-order chi connectivity index (χ1) is 17.4. The average Bonchev–Trinajstić information content (AvgIpc) is 2.67. The lowest BCUT2D eigenvalue weighted by Gasteiger charge is -2.35. The predicted octanol–water partition coefficient (Wildman–Crippen LogP) is 8.96. The second-order valence-electron chi connectivity index (χ2n) is 16.8. The molecule has 0 aromatic carbocycles. The summed E-state index contributed by atoms with van der Waals surface area (Å²) in [5, 5.41) is 0. The van der Waals surface area contributed by atoms with Gasteiger partial charge in [0, 0.05) is 50.7 Å². The zero-order valence-corrected chi connectivity index (χ0v) is 28.8. The van der Waals surface area contributed by atoms with Gasteiger partial charge in [-0.3, -0.25) is 14.4 Å².